The molecule has 0 spiro atoms. The van der Waals surface area contributed by atoms with E-state index < -0.39 is 0 Å². The van der Waals surface area contributed by atoms with Crippen LogP contribution in [-0.2, 0) is 0 Å². The highest BCUT2D eigenvalue weighted by molar-refractivity contribution is 7.17. The number of benzene rings is 1. The minimum atomic E-state index is -0.0280. The summed E-state index contributed by atoms with van der Waals surface area (Å²) in [4.78, 5) is 10.7. The molecule has 3 heterocycles. The number of fused-ring (bicyclic) bond motifs is 1. The molecule has 4 rings (SSSR count). The SMILES string of the molecule is Cc1nc2sc([C@H](c3ccc(Cl)cc3)N3CCN(C)CC3)c(O)n2n1. The van der Waals surface area contributed by atoms with E-state index in [1.165, 1.54) is 15.9 Å². The maximum absolute atomic E-state index is 10.8. The molecule has 1 aliphatic heterocycles. The summed E-state index contributed by atoms with van der Waals surface area (Å²) in [6.45, 7) is 5.72. The summed E-state index contributed by atoms with van der Waals surface area (Å²) in [5.41, 5.74) is 1.12. The van der Waals surface area contributed by atoms with Gasteiger partial charge in [-0.25, -0.2) is 4.98 Å². The van der Waals surface area contributed by atoms with Crippen LogP contribution < -0.4 is 0 Å². The molecule has 0 amide bonds. The molecule has 1 saturated heterocycles. The summed E-state index contributed by atoms with van der Waals surface area (Å²) in [7, 11) is 2.14. The van der Waals surface area contributed by atoms with Crippen LogP contribution in [0.2, 0.25) is 5.02 Å². The third kappa shape index (κ3) is 3.13. The quantitative estimate of drug-likeness (QED) is 0.760. The number of aryl methyl sites for hydroxylation is 1. The number of hydrogen-bond donors (Lipinski definition) is 1. The zero-order valence-corrected chi connectivity index (χ0v) is 15.8. The maximum atomic E-state index is 10.8. The lowest BCUT2D eigenvalue weighted by molar-refractivity contribution is 0.127. The van der Waals surface area contributed by atoms with E-state index in [1.54, 1.807) is 0 Å². The first-order valence-electron chi connectivity index (χ1n) is 8.26. The van der Waals surface area contributed by atoms with Gasteiger partial charge in [0.15, 0.2) is 0 Å². The van der Waals surface area contributed by atoms with E-state index in [1.807, 2.05) is 31.2 Å². The fraction of sp³-hybridized carbons (Fsp3) is 0.412. The van der Waals surface area contributed by atoms with E-state index in [-0.39, 0.29) is 11.9 Å². The van der Waals surface area contributed by atoms with E-state index >= 15 is 0 Å². The van der Waals surface area contributed by atoms with Gasteiger partial charge in [0, 0.05) is 31.2 Å². The largest absolute Gasteiger partial charge is 0.492 e. The minimum absolute atomic E-state index is 0.0280. The van der Waals surface area contributed by atoms with Crippen molar-refractivity contribution in [3.8, 4) is 5.88 Å². The Kier molecular flexibility index (Phi) is 4.41. The molecule has 6 nitrogen and oxygen atoms in total. The molecule has 1 aromatic carbocycles. The van der Waals surface area contributed by atoms with E-state index in [0.717, 1.165) is 41.6 Å². The lowest BCUT2D eigenvalue weighted by atomic mass is 10.0. The highest BCUT2D eigenvalue weighted by Crippen LogP contribution is 2.40. The molecular weight excluding hydrogens is 358 g/mol. The second-order valence-corrected chi connectivity index (χ2v) is 7.88. The number of thiazole rings is 1. The van der Waals surface area contributed by atoms with Crippen LogP contribution >= 0.6 is 22.9 Å². The van der Waals surface area contributed by atoms with Gasteiger partial charge in [-0.2, -0.15) is 4.52 Å². The number of aromatic nitrogens is 3. The van der Waals surface area contributed by atoms with Crippen molar-refractivity contribution >= 4 is 27.9 Å². The second-order valence-electron chi connectivity index (χ2n) is 6.44. The highest BCUT2D eigenvalue weighted by Gasteiger charge is 2.31. The van der Waals surface area contributed by atoms with Gasteiger partial charge in [0.25, 0.3) is 0 Å². The van der Waals surface area contributed by atoms with Gasteiger partial charge < -0.3 is 10.0 Å². The molecule has 0 aliphatic carbocycles. The van der Waals surface area contributed by atoms with Gasteiger partial charge in [-0.15, -0.1) is 5.10 Å². The fourth-order valence-corrected chi connectivity index (χ4v) is 4.57. The third-order valence-corrected chi connectivity index (χ3v) is 5.97. The first-order valence-corrected chi connectivity index (χ1v) is 9.45. The molecule has 0 saturated carbocycles. The van der Waals surface area contributed by atoms with Crippen molar-refractivity contribution in [1.82, 2.24) is 24.4 Å². The predicted molar refractivity (Wildman–Crippen MR) is 99.6 cm³/mol. The summed E-state index contributed by atoms with van der Waals surface area (Å²) in [5.74, 6) is 0.843. The van der Waals surface area contributed by atoms with E-state index in [2.05, 4.69) is 26.9 Å². The predicted octanol–water partition coefficient (Wildman–Crippen LogP) is 2.80. The first kappa shape index (κ1) is 16.8. The van der Waals surface area contributed by atoms with Crippen LogP contribution in [0.4, 0.5) is 0 Å². The highest BCUT2D eigenvalue weighted by atomic mass is 35.5. The van der Waals surface area contributed by atoms with Crippen LogP contribution in [0.15, 0.2) is 24.3 Å². The normalized spacial score (nSPS) is 18.0. The second kappa shape index (κ2) is 6.57. The summed E-state index contributed by atoms with van der Waals surface area (Å²) in [5, 5.41) is 15.8. The van der Waals surface area contributed by atoms with E-state index in [9.17, 15) is 5.11 Å². The molecule has 25 heavy (non-hydrogen) atoms. The number of nitrogens with zero attached hydrogens (tertiary/aromatic N) is 5. The Labute approximate surface area is 155 Å². The van der Waals surface area contributed by atoms with Gasteiger partial charge in [-0.05, 0) is 31.7 Å². The zero-order chi connectivity index (χ0) is 17.6. The molecule has 132 valence electrons. The van der Waals surface area contributed by atoms with Crippen LogP contribution in [0.25, 0.3) is 4.96 Å². The van der Waals surface area contributed by atoms with Crippen molar-refractivity contribution < 1.29 is 5.11 Å². The monoisotopic (exact) mass is 377 g/mol. The van der Waals surface area contributed by atoms with Crippen LogP contribution in [0.1, 0.15) is 22.3 Å². The van der Waals surface area contributed by atoms with Crippen molar-refractivity contribution in [3.05, 3.63) is 45.6 Å². The summed E-state index contributed by atoms with van der Waals surface area (Å²) >= 11 is 7.57. The third-order valence-electron chi connectivity index (χ3n) is 4.64. The Hall–Kier alpha value is -1.67. The first-order chi connectivity index (χ1) is 12.0. The summed E-state index contributed by atoms with van der Waals surface area (Å²) in [6.07, 6.45) is 0. The molecule has 3 aromatic rings. The van der Waals surface area contributed by atoms with Crippen LogP contribution in [0, 0.1) is 6.92 Å². The standard InChI is InChI=1S/C17H20ClN5OS/c1-11-19-17-23(20-11)16(24)15(25-17)14(12-3-5-13(18)6-4-12)22-9-7-21(2)8-10-22/h3-6,14,24H,7-10H2,1-2H3/t14-/m0/s1. The molecule has 1 aliphatic rings. The Bertz CT molecular complexity index is 882. The van der Waals surface area contributed by atoms with Gasteiger partial charge in [0.05, 0.1) is 10.9 Å². The Balaban J connectivity index is 1.79. The maximum Gasteiger partial charge on any atom is 0.230 e. The van der Waals surface area contributed by atoms with Gasteiger partial charge >= 0.3 is 0 Å². The van der Waals surface area contributed by atoms with Gasteiger partial charge in [0.1, 0.15) is 5.82 Å². The molecule has 1 atom stereocenters. The lowest BCUT2D eigenvalue weighted by Crippen LogP contribution is -2.46. The average Bonchev–Trinajstić information content (AvgIpc) is 3.09. The van der Waals surface area contributed by atoms with Crippen LogP contribution in [0.3, 0.4) is 0 Å². The smallest absolute Gasteiger partial charge is 0.230 e. The van der Waals surface area contributed by atoms with Crippen molar-refractivity contribution in [1.29, 1.82) is 0 Å². The number of hydrogen-bond acceptors (Lipinski definition) is 6. The summed E-state index contributed by atoms with van der Waals surface area (Å²) in [6, 6.07) is 7.84. The Morgan fingerprint density at radius 3 is 2.48 bits per heavy atom. The number of likely N-dealkylation sites (N-methyl/N-ethyl adjacent to an activating group) is 1. The molecular formula is C17H20ClN5OS. The van der Waals surface area contributed by atoms with Gasteiger partial charge in [-0.1, -0.05) is 35.1 Å². The topological polar surface area (TPSA) is 56.9 Å². The van der Waals surface area contributed by atoms with E-state index in [0.29, 0.717) is 10.8 Å². The number of halogens is 1. The summed E-state index contributed by atoms with van der Waals surface area (Å²) < 4.78 is 1.54. The molecule has 0 unspecified atom stereocenters. The minimum Gasteiger partial charge on any atom is -0.492 e. The number of aromatic hydroxyl groups is 1. The van der Waals surface area contributed by atoms with E-state index in [4.69, 9.17) is 11.6 Å². The number of rotatable bonds is 3. The van der Waals surface area contributed by atoms with Gasteiger partial charge in [-0.3, -0.25) is 4.90 Å². The Morgan fingerprint density at radius 1 is 1.16 bits per heavy atom. The van der Waals surface area contributed by atoms with Crippen molar-refractivity contribution in [2.24, 2.45) is 0 Å². The van der Waals surface area contributed by atoms with Crippen LogP contribution in [-0.4, -0.2) is 62.7 Å². The molecule has 1 fully saturated rings. The molecule has 1 N–H and O–H groups in total. The van der Waals surface area contributed by atoms with Crippen molar-refractivity contribution in [3.63, 3.8) is 0 Å². The molecule has 8 heteroatoms. The zero-order valence-electron chi connectivity index (χ0n) is 14.2. The molecule has 0 radical (unpaired) electrons. The van der Waals surface area contributed by atoms with Crippen molar-refractivity contribution in [2.45, 2.75) is 13.0 Å². The van der Waals surface area contributed by atoms with Crippen molar-refractivity contribution in [2.75, 3.05) is 33.2 Å². The van der Waals surface area contributed by atoms with Crippen LogP contribution in [0.5, 0.6) is 5.88 Å². The number of piperazine rings is 1. The lowest BCUT2D eigenvalue weighted by Gasteiger charge is -2.37. The fourth-order valence-electron chi connectivity index (χ4n) is 3.28. The average molecular weight is 378 g/mol. The van der Waals surface area contributed by atoms with Gasteiger partial charge in [0.2, 0.25) is 10.8 Å². The molecule has 0 bridgehead atoms. The Morgan fingerprint density at radius 2 is 1.84 bits per heavy atom. The molecule has 2 aromatic heterocycles.